The minimum atomic E-state index is 0.687. The summed E-state index contributed by atoms with van der Waals surface area (Å²) in [4.78, 5) is 3.15. The quantitative estimate of drug-likeness (QED) is 0.750. The van der Waals surface area contributed by atoms with Crippen LogP contribution in [0.5, 0.6) is 0 Å². The summed E-state index contributed by atoms with van der Waals surface area (Å²) in [6, 6.07) is 5.70. The number of halogens is 1. The Morgan fingerprint density at radius 1 is 1.33 bits per heavy atom. The van der Waals surface area contributed by atoms with Gasteiger partial charge in [-0.25, -0.2) is 0 Å². The van der Waals surface area contributed by atoms with E-state index in [9.17, 15) is 0 Å². The summed E-state index contributed by atoms with van der Waals surface area (Å²) in [7, 11) is 0. The number of rotatable bonds is 3. The van der Waals surface area contributed by atoms with Crippen molar-refractivity contribution in [2.75, 3.05) is 0 Å². The van der Waals surface area contributed by atoms with Crippen molar-refractivity contribution < 1.29 is 0 Å². The fraction of sp³-hybridized carbons (Fsp3) is 0.182. The van der Waals surface area contributed by atoms with Crippen LogP contribution in [0, 0.1) is 4.77 Å². The molecule has 92 valence electrons. The van der Waals surface area contributed by atoms with Gasteiger partial charge in [0.05, 0.1) is 23.8 Å². The van der Waals surface area contributed by atoms with Gasteiger partial charge in [-0.2, -0.15) is 0 Å². The van der Waals surface area contributed by atoms with Crippen molar-refractivity contribution in [3.05, 3.63) is 40.4 Å². The third-order valence-corrected chi connectivity index (χ3v) is 3.32. The maximum Gasteiger partial charge on any atom is 0.178 e. The van der Waals surface area contributed by atoms with E-state index in [1.807, 2.05) is 29.0 Å². The largest absolute Gasteiger partial charge is 0.331 e. The van der Waals surface area contributed by atoms with E-state index in [1.165, 1.54) is 0 Å². The molecule has 0 fully saturated rings. The van der Waals surface area contributed by atoms with Gasteiger partial charge in [0.25, 0.3) is 0 Å². The van der Waals surface area contributed by atoms with Crippen LogP contribution in [0.1, 0.15) is 0 Å². The predicted octanol–water partition coefficient (Wildman–Crippen LogP) is 2.64. The number of hydrogen-bond acceptors (Lipinski definition) is 3. The normalized spacial score (nSPS) is 11.2. The van der Waals surface area contributed by atoms with E-state index in [0.29, 0.717) is 9.79 Å². The van der Waals surface area contributed by atoms with E-state index >= 15 is 0 Å². The lowest BCUT2D eigenvalue weighted by Crippen LogP contribution is -2.08. The van der Waals surface area contributed by atoms with E-state index < -0.39 is 0 Å². The van der Waals surface area contributed by atoms with Crippen molar-refractivity contribution in [3.8, 4) is 0 Å². The van der Waals surface area contributed by atoms with Crippen LogP contribution in [-0.4, -0.2) is 24.5 Å². The van der Waals surface area contributed by atoms with Gasteiger partial charge in [0.1, 0.15) is 0 Å². The molecular formula is C11H10ClN5S. The molecule has 0 atom stereocenters. The molecule has 0 amide bonds. The van der Waals surface area contributed by atoms with Crippen molar-refractivity contribution in [1.82, 2.24) is 24.5 Å². The first kappa shape index (κ1) is 11.4. The van der Waals surface area contributed by atoms with Crippen molar-refractivity contribution in [2.45, 2.75) is 13.1 Å². The highest BCUT2D eigenvalue weighted by molar-refractivity contribution is 7.71. The molecule has 0 aliphatic carbocycles. The number of H-pyrrole nitrogens is 1. The summed E-state index contributed by atoms with van der Waals surface area (Å²) in [5.74, 6) is 0. The van der Waals surface area contributed by atoms with Gasteiger partial charge >= 0.3 is 0 Å². The Bertz CT molecular complexity index is 728. The molecular weight excluding hydrogens is 270 g/mol. The molecule has 0 aliphatic rings. The van der Waals surface area contributed by atoms with Crippen LogP contribution >= 0.6 is 23.8 Å². The second kappa shape index (κ2) is 4.55. The van der Waals surface area contributed by atoms with Crippen molar-refractivity contribution in [3.63, 3.8) is 0 Å². The summed E-state index contributed by atoms with van der Waals surface area (Å²) in [6.07, 6.45) is 3.49. The number of nitrogens with one attached hydrogen (secondary N) is 1. The number of aromatic amines is 1. The van der Waals surface area contributed by atoms with E-state index in [2.05, 4.69) is 15.3 Å². The average Bonchev–Trinajstić information content (AvgIpc) is 2.93. The zero-order valence-electron chi connectivity index (χ0n) is 9.38. The van der Waals surface area contributed by atoms with Crippen LogP contribution in [0.25, 0.3) is 11.0 Å². The molecule has 5 nitrogen and oxygen atoms in total. The van der Waals surface area contributed by atoms with Gasteiger partial charge in [-0.3, -0.25) is 4.68 Å². The lowest BCUT2D eigenvalue weighted by Gasteiger charge is -2.04. The number of nitrogens with zero attached hydrogens (tertiary/aromatic N) is 4. The fourth-order valence-corrected chi connectivity index (χ4v) is 2.38. The molecule has 3 rings (SSSR count). The second-order valence-electron chi connectivity index (χ2n) is 3.91. The van der Waals surface area contributed by atoms with E-state index in [4.69, 9.17) is 23.8 Å². The first-order chi connectivity index (χ1) is 8.74. The number of imidazole rings is 1. The first-order valence-electron chi connectivity index (χ1n) is 5.46. The standard InChI is InChI=1S/C11H10ClN5S/c12-8-1-2-10-9(7-8)14-11(18)17(10)6-5-16-4-3-13-15-16/h1-4,7H,5-6H2,(H,14,18). The summed E-state index contributed by atoms with van der Waals surface area (Å²) < 4.78 is 4.49. The molecule has 3 aromatic rings. The summed E-state index contributed by atoms with van der Waals surface area (Å²) in [5.41, 5.74) is 2.00. The lowest BCUT2D eigenvalue weighted by molar-refractivity contribution is 0.523. The van der Waals surface area contributed by atoms with Gasteiger partial charge in [-0.05, 0) is 30.4 Å². The van der Waals surface area contributed by atoms with Crippen LogP contribution in [0.4, 0.5) is 0 Å². The summed E-state index contributed by atoms with van der Waals surface area (Å²) >= 11 is 11.3. The molecule has 7 heteroatoms. The van der Waals surface area contributed by atoms with Gasteiger partial charge in [0.15, 0.2) is 4.77 Å². The van der Waals surface area contributed by atoms with Crippen LogP contribution in [-0.2, 0) is 13.1 Å². The highest BCUT2D eigenvalue weighted by Gasteiger charge is 2.05. The molecule has 0 radical (unpaired) electrons. The van der Waals surface area contributed by atoms with Gasteiger partial charge in [0.2, 0.25) is 0 Å². The number of fused-ring (bicyclic) bond motifs is 1. The van der Waals surface area contributed by atoms with Crippen molar-refractivity contribution in [2.24, 2.45) is 0 Å². The molecule has 2 heterocycles. The zero-order valence-corrected chi connectivity index (χ0v) is 10.9. The SMILES string of the molecule is S=c1[nH]c2cc(Cl)ccc2n1CCn1ccnn1. The smallest absolute Gasteiger partial charge is 0.178 e. The summed E-state index contributed by atoms with van der Waals surface area (Å²) in [6.45, 7) is 1.47. The minimum absolute atomic E-state index is 0.687. The fourth-order valence-electron chi connectivity index (χ4n) is 1.91. The Labute approximate surface area is 113 Å². The highest BCUT2D eigenvalue weighted by atomic mass is 35.5. The molecule has 0 spiro atoms. The number of aryl methyl sites for hydroxylation is 2. The topological polar surface area (TPSA) is 51.4 Å². The van der Waals surface area contributed by atoms with Crippen LogP contribution in [0.2, 0.25) is 5.02 Å². The van der Waals surface area contributed by atoms with E-state index in [0.717, 1.165) is 24.1 Å². The molecule has 2 aromatic heterocycles. The van der Waals surface area contributed by atoms with Crippen molar-refractivity contribution >= 4 is 34.9 Å². The van der Waals surface area contributed by atoms with Crippen LogP contribution in [0.3, 0.4) is 0 Å². The Balaban J connectivity index is 1.96. The maximum absolute atomic E-state index is 5.95. The van der Waals surface area contributed by atoms with E-state index in [-0.39, 0.29) is 0 Å². The van der Waals surface area contributed by atoms with Gasteiger partial charge in [-0.1, -0.05) is 16.8 Å². The number of benzene rings is 1. The molecule has 0 unspecified atom stereocenters. The molecule has 0 aliphatic heterocycles. The number of hydrogen-bond donors (Lipinski definition) is 1. The van der Waals surface area contributed by atoms with Gasteiger partial charge < -0.3 is 9.55 Å². The van der Waals surface area contributed by atoms with Gasteiger partial charge in [0, 0.05) is 17.8 Å². The number of aromatic nitrogens is 5. The average molecular weight is 280 g/mol. The molecule has 1 aromatic carbocycles. The molecule has 0 bridgehead atoms. The van der Waals surface area contributed by atoms with E-state index in [1.54, 1.807) is 10.9 Å². The van der Waals surface area contributed by atoms with Crippen LogP contribution < -0.4 is 0 Å². The third kappa shape index (κ3) is 2.04. The Morgan fingerprint density at radius 3 is 3.00 bits per heavy atom. The molecule has 0 saturated heterocycles. The summed E-state index contributed by atoms with van der Waals surface area (Å²) in [5, 5.41) is 8.39. The Kier molecular flexibility index (Phi) is 2.89. The lowest BCUT2D eigenvalue weighted by atomic mass is 10.3. The highest BCUT2D eigenvalue weighted by Crippen LogP contribution is 2.19. The molecule has 0 saturated carbocycles. The first-order valence-corrected chi connectivity index (χ1v) is 6.25. The van der Waals surface area contributed by atoms with Gasteiger partial charge in [-0.15, -0.1) is 5.10 Å². The zero-order chi connectivity index (χ0) is 12.5. The molecule has 18 heavy (non-hydrogen) atoms. The Hall–Kier alpha value is -1.66. The van der Waals surface area contributed by atoms with Crippen molar-refractivity contribution in [1.29, 1.82) is 0 Å². The third-order valence-electron chi connectivity index (χ3n) is 2.76. The predicted molar refractivity (Wildman–Crippen MR) is 72.2 cm³/mol. The second-order valence-corrected chi connectivity index (χ2v) is 4.73. The monoisotopic (exact) mass is 279 g/mol. The minimum Gasteiger partial charge on any atom is -0.331 e. The Morgan fingerprint density at radius 2 is 2.22 bits per heavy atom. The van der Waals surface area contributed by atoms with Crippen LogP contribution in [0.15, 0.2) is 30.6 Å². The molecule has 1 N–H and O–H groups in total. The maximum atomic E-state index is 5.95.